The minimum Gasteiger partial charge on any atom is -0.506 e. The molecule has 19 heavy (non-hydrogen) atoms. The number of nitrogens with one attached hydrogen (secondary N) is 1. The number of nitrogens with zero attached hydrogens (tertiary/aromatic N) is 2. The Balaban J connectivity index is 2.25. The van der Waals surface area contributed by atoms with E-state index in [-0.39, 0.29) is 17.4 Å². The van der Waals surface area contributed by atoms with E-state index in [1.54, 1.807) is 13.1 Å². The summed E-state index contributed by atoms with van der Waals surface area (Å²) in [6.07, 6.45) is 2.94. The van der Waals surface area contributed by atoms with E-state index in [9.17, 15) is 9.90 Å². The van der Waals surface area contributed by atoms with Crippen LogP contribution in [0.5, 0.6) is 5.75 Å². The lowest BCUT2D eigenvalue weighted by Gasteiger charge is -2.09. The molecule has 98 valence electrons. The smallest absolute Gasteiger partial charge is 0.275 e. The van der Waals surface area contributed by atoms with E-state index >= 15 is 0 Å². The molecule has 2 aromatic heterocycles. The predicted molar refractivity (Wildman–Crippen MR) is 72.3 cm³/mol. The van der Waals surface area contributed by atoms with Crippen LogP contribution in [-0.4, -0.2) is 21.0 Å². The highest BCUT2D eigenvalue weighted by atomic mass is 16.3. The van der Waals surface area contributed by atoms with Crippen molar-refractivity contribution in [3.05, 3.63) is 46.9 Å². The number of aromatic nitrogens is 2. The molecule has 0 unspecified atom stereocenters. The third-order valence-electron chi connectivity index (χ3n) is 2.73. The third kappa shape index (κ3) is 2.88. The van der Waals surface area contributed by atoms with E-state index in [0.29, 0.717) is 11.4 Å². The minimum atomic E-state index is -0.336. The monoisotopic (exact) mass is 257 g/mol. The van der Waals surface area contributed by atoms with Crippen LogP contribution in [0.3, 0.4) is 0 Å². The lowest BCUT2D eigenvalue weighted by atomic mass is 10.2. The standard InChI is InChI=1S/C14H15N3O2/c1-8-4-10(3)13(16-6-8)17-14(19)12-9(2)5-11(18)7-15-12/h4-7,18H,1-3H3,(H,16,17,19). The second-order valence-electron chi connectivity index (χ2n) is 4.49. The van der Waals surface area contributed by atoms with Gasteiger partial charge in [0, 0.05) is 6.20 Å². The largest absolute Gasteiger partial charge is 0.506 e. The van der Waals surface area contributed by atoms with Crippen LogP contribution in [-0.2, 0) is 0 Å². The molecule has 2 aromatic rings. The molecule has 2 N–H and O–H groups in total. The molecule has 0 atom stereocenters. The van der Waals surface area contributed by atoms with Crippen molar-refractivity contribution < 1.29 is 9.90 Å². The number of pyridine rings is 2. The fraction of sp³-hybridized carbons (Fsp3) is 0.214. The first-order valence-corrected chi connectivity index (χ1v) is 5.87. The zero-order valence-electron chi connectivity index (χ0n) is 11.1. The maximum atomic E-state index is 12.1. The molecule has 0 spiro atoms. The first-order chi connectivity index (χ1) is 8.97. The van der Waals surface area contributed by atoms with Crippen LogP contribution >= 0.6 is 0 Å². The SMILES string of the molecule is Cc1cnc(NC(=O)c2ncc(O)cc2C)c(C)c1. The number of hydrogen-bond acceptors (Lipinski definition) is 4. The predicted octanol–water partition coefficient (Wildman–Crippen LogP) is 2.36. The summed E-state index contributed by atoms with van der Waals surface area (Å²) < 4.78 is 0. The summed E-state index contributed by atoms with van der Waals surface area (Å²) in [7, 11) is 0. The number of anilines is 1. The Morgan fingerprint density at radius 2 is 1.84 bits per heavy atom. The Morgan fingerprint density at radius 3 is 2.47 bits per heavy atom. The Morgan fingerprint density at radius 1 is 1.11 bits per heavy atom. The number of aromatic hydroxyl groups is 1. The number of aryl methyl sites for hydroxylation is 3. The Kier molecular flexibility index (Phi) is 3.46. The van der Waals surface area contributed by atoms with Gasteiger partial charge in [0.2, 0.25) is 0 Å². The van der Waals surface area contributed by atoms with Gasteiger partial charge in [-0.15, -0.1) is 0 Å². The maximum Gasteiger partial charge on any atom is 0.275 e. The molecule has 2 rings (SSSR count). The molecule has 0 aliphatic carbocycles. The second-order valence-corrected chi connectivity index (χ2v) is 4.49. The van der Waals surface area contributed by atoms with E-state index < -0.39 is 0 Å². The van der Waals surface area contributed by atoms with E-state index in [1.807, 2.05) is 19.9 Å². The van der Waals surface area contributed by atoms with Crippen LogP contribution in [0.2, 0.25) is 0 Å². The van der Waals surface area contributed by atoms with Gasteiger partial charge < -0.3 is 10.4 Å². The average Bonchev–Trinajstić information content (AvgIpc) is 2.32. The summed E-state index contributed by atoms with van der Waals surface area (Å²) in [5.41, 5.74) is 2.82. The van der Waals surface area contributed by atoms with Crippen LogP contribution in [0.4, 0.5) is 5.82 Å². The van der Waals surface area contributed by atoms with E-state index in [4.69, 9.17) is 0 Å². The topological polar surface area (TPSA) is 75.1 Å². The Bertz CT molecular complexity index is 639. The van der Waals surface area contributed by atoms with Gasteiger partial charge in [-0.3, -0.25) is 4.79 Å². The van der Waals surface area contributed by atoms with Gasteiger partial charge in [0.25, 0.3) is 5.91 Å². The van der Waals surface area contributed by atoms with E-state index in [2.05, 4.69) is 15.3 Å². The molecule has 0 bridgehead atoms. The summed E-state index contributed by atoms with van der Waals surface area (Å²) in [5, 5.41) is 12.0. The van der Waals surface area contributed by atoms with Crippen molar-refractivity contribution in [2.24, 2.45) is 0 Å². The highest BCUT2D eigenvalue weighted by Gasteiger charge is 2.13. The fourth-order valence-electron chi connectivity index (χ4n) is 1.81. The summed E-state index contributed by atoms with van der Waals surface area (Å²) >= 11 is 0. The van der Waals surface area contributed by atoms with Gasteiger partial charge in [-0.1, -0.05) is 6.07 Å². The number of amides is 1. The highest BCUT2D eigenvalue weighted by Crippen LogP contribution is 2.16. The van der Waals surface area contributed by atoms with Gasteiger partial charge in [0.1, 0.15) is 17.3 Å². The van der Waals surface area contributed by atoms with Crippen molar-refractivity contribution in [3.63, 3.8) is 0 Å². The van der Waals surface area contributed by atoms with Crippen molar-refractivity contribution in [1.82, 2.24) is 9.97 Å². The molecule has 5 heteroatoms. The molecular weight excluding hydrogens is 242 g/mol. The Hall–Kier alpha value is -2.43. The third-order valence-corrected chi connectivity index (χ3v) is 2.73. The number of carbonyl (C=O) groups excluding carboxylic acids is 1. The van der Waals surface area contributed by atoms with Crippen LogP contribution in [0.15, 0.2) is 24.5 Å². The maximum absolute atomic E-state index is 12.1. The molecule has 0 saturated carbocycles. The molecule has 0 fully saturated rings. The van der Waals surface area contributed by atoms with Gasteiger partial charge in [-0.05, 0) is 43.5 Å². The molecule has 1 amide bonds. The zero-order valence-corrected chi connectivity index (χ0v) is 11.1. The Labute approximate surface area is 111 Å². The van der Waals surface area contributed by atoms with Gasteiger partial charge in [0.05, 0.1) is 6.20 Å². The van der Waals surface area contributed by atoms with Crippen LogP contribution in [0, 0.1) is 20.8 Å². The molecule has 0 aliphatic rings. The lowest BCUT2D eigenvalue weighted by molar-refractivity contribution is 0.102. The minimum absolute atomic E-state index is 0.0405. The van der Waals surface area contributed by atoms with E-state index in [0.717, 1.165) is 11.1 Å². The number of carbonyl (C=O) groups is 1. The van der Waals surface area contributed by atoms with Crippen molar-refractivity contribution in [3.8, 4) is 5.75 Å². The molecule has 0 aliphatic heterocycles. The molecule has 5 nitrogen and oxygen atoms in total. The first kappa shape index (κ1) is 13.0. The first-order valence-electron chi connectivity index (χ1n) is 5.87. The second kappa shape index (κ2) is 5.06. The molecule has 0 saturated heterocycles. The van der Waals surface area contributed by atoms with E-state index in [1.165, 1.54) is 12.3 Å². The van der Waals surface area contributed by atoms with Gasteiger partial charge >= 0.3 is 0 Å². The van der Waals surface area contributed by atoms with Crippen LogP contribution in [0.25, 0.3) is 0 Å². The molecular formula is C14H15N3O2. The molecule has 0 radical (unpaired) electrons. The van der Waals surface area contributed by atoms with Crippen molar-refractivity contribution in [2.75, 3.05) is 5.32 Å². The normalized spacial score (nSPS) is 10.3. The average molecular weight is 257 g/mol. The van der Waals surface area contributed by atoms with Crippen molar-refractivity contribution in [2.45, 2.75) is 20.8 Å². The summed E-state index contributed by atoms with van der Waals surface area (Å²) in [5.74, 6) is 0.223. The van der Waals surface area contributed by atoms with Crippen LogP contribution in [0.1, 0.15) is 27.2 Å². The van der Waals surface area contributed by atoms with Gasteiger partial charge in [-0.2, -0.15) is 0 Å². The zero-order chi connectivity index (χ0) is 14.0. The highest BCUT2D eigenvalue weighted by molar-refractivity contribution is 6.03. The molecule has 0 aromatic carbocycles. The molecule has 2 heterocycles. The van der Waals surface area contributed by atoms with Crippen molar-refractivity contribution >= 4 is 11.7 Å². The summed E-state index contributed by atoms with van der Waals surface area (Å²) in [4.78, 5) is 20.2. The quantitative estimate of drug-likeness (QED) is 0.866. The number of rotatable bonds is 2. The summed E-state index contributed by atoms with van der Waals surface area (Å²) in [6, 6.07) is 3.44. The van der Waals surface area contributed by atoms with Crippen LogP contribution < -0.4 is 5.32 Å². The van der Waals surface area contributed by atoms with Gasteiger partial charge in [0.15, 0.2) is 0 Å². The summed E-state index contributed by atoms with van der Waals surface area (Å²) in [6.45, 7) is 5.54. The lowest BCUT2D eigenvalue weighted by Crippen LogP contribution is -2.16. The fourth-order valence-corrected chi connectivity index (χ4v) is 1.81. The van der Waals surface area contributed by atoms with Crippen molar-refractivity contribution in [1.29, 1.82) is 0 Å². The number of hydrogen-bond donors (Lipinski definition) is 2. The van der Waals surface area contributed by atoms with Gasteiger partial charge in [-0.25, -0.2) is 9.97 Å².